The van der Waals surface area contributed by atoms with Crippen LogP contribution in [-0.4, -0.2) is 0 Å². The minimum Gasteiger partial charge on any atom is -0.310 e. The second-order valence-electron chi connectivity index (χ2n) is 16.9. The molecule has 0 aromatic heterocycles. The van der Waals surface area contributed by atoms with Crippen molar-refractivity contribution >= 4 is 49.4 Å². The van der Waals surface area contributed by atoms with Crippen LogP contribution in [-0.2, 0) is 0 Å². The summed E-state index contributed by atoms with van der Waals surface area (Å²) in [5.74, 6) is 0. The summed E-state index contributed by atoms with van der Waals surface area (Å²) in [6.07, 6.45) is 0. The van der Waals surface area contributed by atoms with Gasteiger partial charge in [-0.25, -0.2) is 0 Å². The number of benzene rings is 12. The first-order chi connectivity index (χ1) is 32.2. The predicted molar refractivity (Wildman–Crippen MR) is 277 cm³/mol. The lowest BCUT2D eigenvalue weighted by molar-refractivity contribution is 1.28. The summed E-state index contributed by atoms with van der Waals surface area (Å²) < 4.78 is 0. The van der Waals surface area contributed by atoms with Crippen LogP contribution in [0, 0.1) is 0 Å². The molecule has 0 aliphatic rings. The van der Waals surface area contributed by atoms with Crippen LogP contribution < -0.4 is 4.90 Å². The second-order valence-corrected chi connectivity index (χ2v) is 16.9. The number of anilines is 3. The van der Waals surface area contributed by atoms with E-state index in [1.165, 1.54) is 99.1 Å². The molecule has 12 rings (SSSR count). The molecule has 1 nitrogen and oxygen atoms in total. The molecular formula is C64H43N. The van der Waals surface area contributed by atoms with Gasteiger partial charge in [0.1, 0.15) is 0 Å². The first kappa shape index (κ1) is 38.2. The van der Waals surface area contributed by atoms with Gasteiger partial charge < -0.3 is 4.90 Å². The Balaban J connectivity index is 0.982. The maximum atomic E-state index is 2.41. The quantitative estimate of drug-likeness (QED) is 0.131. The van der Waals surface area contributed by atoms with Gasteiger partial charge in [0.05, 0.1) is 5.69 Å². The highest BCUT2D eigenvalue weighted by Gasteiger charge is 2.20. The SMILES string of the molecule is c1ccc(-c2ccc(N(c3ccc(-c4ccc5ccc6c(-c7cccc(-c8ccccc8)c7)ccc7ccc4c5c76)cc3)c3ccc(-c4ccccc4)cc3-c3ccccc3)cc2)cc1. The van der Waals surface area contributed by atoms with E-state index in [1.54, 1.807) is 0 Å². The third-order valence-corrected chi connectivity index (χ3v) is 13.0. The van der Waals surface area contributed by atoms with Gasteiger partial charge >= 0.3 is 0 Å². The summed E-state index contributed by atoms with van der Waals surface area (Å²) in [4.78, 5) is 2.41. The fourth-order valence-electron chi connectivity index (χ4n) is 9.84. The van der Waals surface area contributed by atoms with Crippen molar-refractivity contribution in [2.75, 3.05) is 4.90 Å². The second kappa shape index (κ2) is 16.3. The molecule has 12 aromatic rings. The van der Waals surface area contributed by atoms with Gasteiger partial charge in [0.25, 0.3) is 0 Å². The smallest absolute Gasteiger partial charge is 0.0540 e. The molecule has 12 aromatic carbocycles. The summed E-state index contributed by atoms with van der Waals surface area (Å²) in [6, 6.07) is 95.2. The average Bonchev–Trinajstić information content (AvgIpc) is 3.39. The third kappa shape index (κ3) is 7.01. The van der Waals surface area contributed by atoms with Gasteiger partial charge in [-0.05, 0) is 136 Å². The Labute approximate surface area is 380 Å². The summed E-state index contributed by atoms with van der Waals surface area (Å²) in [5.41, 5.74) is 17.7. The van der Waals surface area contributed by atoms with Gasteiger partial charge in [0, 0.05) is 16.9 Å². The minimum atomic E-state index is 1.09. The van der Waals surface area contributed by atoms with Gasteiger partial charge in [-0.15, -0.1) is 0 Å². The van der Waals surface area contributed by atoms with E-state index in [0.29, 0.717) is 0 Å². The van der Waals surface area contributed by atoms with Crippen molar-refractivity contribution in [3.8, 4) is 66.8 Å². The third-order valence-electron chi connectivity index (χ3n) is 13.0. The highest BCUT2D eigenvalue weighted by atomic mass is 15.1. The summed E-state index contributed by atoms with van der Waals surface area (Å²) >= 11 is 0. The van der Waals surface area contributed by atoms with Crippen molar-refractivity contribution in [3.05, 3.63) is 261 Å². The molecule has 0 amide bonds. The number of rotatable bonds is 9. The maximum absolute atomic E-state index is 2.41. The zero-order valence-corrected chi connectivity index (χ0v) is 35.8. The van der Waals surface area contributed by atoms with Crippen LogP contribution in [0.1, 0.15) is 0 Å². The van der Waals surface area contributed by atoms with Crippen LogP contribution in [0.4, 0.5) is 17.1 Å². The fourth-order valence-corrected chi connectivity index (χ4v) is 9.84. The van der Waals surface area contributed by atoms with Crippen LogP contribution in [0.25, 0.3) is 99.1 Å². The average molecular weight is 826 g/mol. The van der Waals surface area contributed by atoms with Crippen LogP contribution in [0.5, 0.6) is 0 Å². The van der Waals surface area contributed by atoms with Crippen LogP contribution in [0.3, 0.4) is 0 Å². The van der Waals surface area contributed by atoms with E-state index < -0.39 is 0 Å². The van der Waals surface area contributed by atoms with Crippen molar-refractivity contribution in [2.24, 2.45) is 0 Å². The number of nitrogens with zero attached hydrogens (tertiary/aromatic N) is 1. The number of hydrogen-bond donors (Lipinski definition) is 0. The molecule has 0 aliphatic heterocycles. The van der Waals surface area contributed by atoms with E-state index in [4.69, 9.17) is 0 Å². The van der Waals surface area contributed by atoms with E-state index in [1.807, 2.05) is 0 Å². The fraction of sp³-hybridized carbons (Fsp3) is 0. The van der Waals surface area contributed by atoms with Gasteiger partial charge in [-0.1, -0.05) is 218 Å². The lowest BCUT2D eigenvalue weighted by Crippen LogP contribution is -2.11. The molecule has 0 heterocycles. The largest absolute Gasteiger partial charge is 0.310 e. The van der Waals surface area contributed by atoms with Crippen molar-refractivity contribution in [1.82, 2.24) is 0 Å². The first-order valence-corrected chi connectivity index (χ1v) is 22.4. The van der Waals surface area contributed by atoms with E-state index in [9.17, 15) is 0 Å². The molecule has 304 valence electrons. The highest BCUT2D eigenvalue weighted by Crippen LogP contribution is 2.46. The Morgan fingerprint density at radius 3 is 1.12 bits per heavy atom. The standard InChI is InChI=1S/C64H43N/c1-5-14-44(15-6-1)47-24-33-55(34-25-47)65(62-41-32-53(46-18-9-3-10-19-46)43-61(62)48-20-11-4-12-21-48)56-35-26-49(27-36-56)57-37-28-50-31-40-60-58(38-29-51-30-39-59(57)63(50)64(51)60)54-23-13-22-52(42-54)45-16-7-2-8-17-45/h1-43H. The molecule has 0 spiro atoms. The van der Waals surface area contributed by atoms with Crippen LogP contribution >= 0.6 is 0 Å². The van der Waals surface area contributed by atoms with E-state index in [2.05, 4.69) is 266 Å². The molecular weight excluding hydrogens is 783 g/mol. The molecule has 1 heteroatoms. The molecule has 0 atom stereocenters. The van der Waals surface area contributed by atoms with Gasteiger partial charge in [0.2, 0.25) is 0 Å². The minimum absolute atomic E-state index is 1.09. The normalized spacial score (nSPS) is 11.4. The first-order valence-electron chi connectivity index (χ1n) is 22.4. The molecule has 0 saturated heterocycles. The van der Waals surface area contributed by atoms with Gasteiger partial charge in [-0.3, -0.25) is 0 Å². The summed E-state index contributed by atoms with van der Waals surface area (Å²) in [5, 5.41) is 7.69. The molecule has 0 bridgehead atoms. The van der Waals surface area contributed by atoms with Crippen LogP contribution in [0.15, 0.2) is 261 Å². The van der Waals surface area contributed by atoms with E-state index in [0.717, 1.165) is 17.1 Å². The Morgan fingerprint density at radius 1 is 0.215 bits per heavy atom. The summed E-state index contributed by atoms with van der Waals surface area (Å²) in [7, 11) is 0. The van der Waals surface area contributed by atoms with Crippen molar-refractivity contribution in [2.45, 2.75) is 0 Å². The van der Waals surface area contributed by atoms with Crippen LogP contribution in [0.2, 0.25) is 0 Å². The zero-order chi connectivity index (χ0) is 43.1. The monoisotopic (exact) mass is 825 g/mol. The van der Waals surface area contributed by atoms with E-state index in [-0.39, 0.29) is 0 Å². The van der Waals surface area contributed by atoms with Gasteiger partial charge in [0.15, 0.2) is 0 Å². The highest BCUT2D eigenvalue weighted by molar-refractivity contribution is 6.27. The maximum Gasteiger partial charge on any atom is 0.0540 e. The number of hydrogen-bond acceptors (Lipinski definition) is 1. The topological polar surface area (TPSA) is 3.24 Å². The van der Waals surface area contributed by atoms with Crippen molar-refractivity contribution in [3.63, 3.8) is 0 Å². The Hall–Kier alpha value is -8.52. The molecule has 65 heavy (non-hydrogen) atoms. The summed E-state index contributed by atoms with van der Waals surface area (Å²) in [6.45, 7) is 0. The molecule has 0 N–H and O–H groups in total. The molecule has 0 radical (unpaired) electrons. The predicted octanol–water partition coefficient (Wildman–Crippen LogP) is 18.1. The molecule has 0 aliphatic carbocycles. The molecule has 0 saturated carbocycles. The zero-order valence-electron chi connectivity index (χ0n) is 35.8. The Morgan fingerprint density at radius 2 is 0.585 bits per heavy atom. The molecule has 0 fully saturated rings. The van der Waals surface area contributed by atoms with E-state index >= 15 is 0 Å². The van der Waals surface area contributed by atoms with Crippen molar-refractivity contribution in [1.29, 1.82) is 0 Å². The Kier molecular flexibility index (Phi) is 9.58. The lowest BCUT2D eigenvalue weighted by atomic mass is 9.87. The lowest BCUT2D eigenvalue weighted by Gasteiger charge is -2.29. The molecule has 0 unspecified atom stereocenters. The van der Waals surface area contributed by atoms with Crippen molar-refractivity contribution < 1.29 is 0 Å². The Bertz CT molecular complexity index is 3600. The van der Waals surface area contributed by atoms with Gasteiger partial charge in [-0.2, -0.15) is 0 Å².